The van der Waals surface area contributed by atoms with E-state index in [0.29, 0.717) is 0 Å². The van der Waals surface area contributed by atoms with Crippen LogP contribution in [-0.4, -0.2) is 0 Å². The van der Waals surface area contributed by atoms with Crippen molar-refractivity contribution in [3.63, 3.8) is 0 Å². The lowest BCUT2D eigenvalue weighted by molar-refractivity contribution is 0.429. The average molecular weight is 196 g/mol. The molecule has 0 saturated carbocycles. The maximum atomic E-state index is 4.16. The molecule has 0 aromatic rings. The quantitative estimate of drug-likeness (QED) is 0.437. The van der Waals surface area contributed by atoms with E-state index in [9.17, 15) is 0 Å². The molecule has 1 atom stereocenters. The average Bonchev–Trinajstić information content (AvgIpc) is 2.21. The predicted octanol–water partition coefficient (Wildman–Crippen LogP) is 5.34. The zero-order chi connectivity index (χ0) is 10.8. The molecule has 0 fully saturated rings. The summed E-state index contributed by atoms with van der Waals surface area (Å²) < 4.78 is 0. The van der Waals surface area contributed by atoms with Crippen LogP contribution in [0.4, 0.5) is 0 Å². The molecule has 0 spiro atoms. The zero-order valence-electron chi connectivity index (χ0n) is 10.4. The number of hydrogen-bond donors (Lipinski definition) is 0. The highest BCUT2D eigenvalue weighted by Gasteiger charge is 2.05. The van der Waals surface area contributed by atoms with Crippen LogP contribution in [0.25, 0.3) is 0 Å². The molecular weight excluding hydrogens is 168 g/mol. The van der Waals surface area contributed by atoms with E-state index in [1.165, 1.54) is 56.9 Å². The van der Waals surface area contributed by atoms with E-state index in [-0.39, 0.29) is 0 Å². The standard InChI is InChI=1S/C14H28/c1-5-8-10-13(4)11-12-14(7-3)9-6-2/h14H,4-12H2,1-3H3. The van der Waals surface area contributed by atoms with Gasteiger partial charge in [-0.3, -0.25) is 0 Å². The fraction of sp³-hybridized carbons (Fsp3) is 0.857. The number of rotatable bonds is 9. The van der Waals surface area contributed by atoms with Crippen LogP contribution in [0, 0.1) is 5.92 Å². The first-order valence-corrected chi connectivity index (χ1v) is 6.41. The third-order valence-electron chi connectivity index (χ3n) is 3.06. The first-order valence-electron chi connectivity index (χ1n) is 6.41. The molecule has 1 unspecified atom stereocenters. The smallest absolute Gasteiger partial charge is 0.0320 e. The van der Waals surface area contributed by atoms with Gasteiger partial charge in [0.15, 0.2) is 0 Å². The van der Waals surface area contributed by atoms with Crippen LogP contribution in [0.3, 0.4) is 0 Å². The van der Waals surface area contributed by atoms with Gasteiger partial charge in [0.1, 0.15) is 0 Å². The Morgan fingerprint density at radius 1 is 1.00 bits per heavy atom. The van der Waals surface area contributed by atoms with Crippen molar-refractivity contribution in [3.05, 3.63) is 12.2 Å². The highest BCUT2D eigenvalue weighted by molar-refractivity contribution is 4.93. The van der Waals surface area contributed by atoms with Crippen molar-refractivity contribution in [1.29, 1.82) is 0 Å². The van der Waals surface area contributed by atoms with Crippen molar-refractivity contribution >= 4 is 0 Å². The van der Waals surface area contributed by atoms with Crippen LogP contribution < -0.4 is 0 Å². The fourth-order valence-corrected chi connectivity index (χ4v) is 1.92. The van der Waals surface area contributed by atoms with E-state index in [1.54, 1.807) is 0 Å². The van der Waals surface area contributed by atoms with Gasteiger partial charge < -0.3 is 0 Å². The Balaban J connectivity index is 3.52. The molecule has 0 N–H and O–H groups in total. The summed E-state index contributed by atoms with van der Waals surface area (Å²) in [5.74, 6) is 0.943. The third-order valence-corrected chi connectivity index (χ3v) is 3.06. The summed E-state index contributed by atoms with van der Waals surface area (Å²) >= 11 is 0. The van der Waals surface area contributed by atoms with Crippen molar-refractivity contribution in [1.82, 2.24) is 0 Å². The van der Waals surface area contributed by atoms with Gasteiger partial charge in [-0.05, 0) is 31.6 Å². The van der Waals surface area contributed by atoms with Gasteiger partial charge in [-0.15, -0.1) is 0 Å². The summed E-state index contributed by atoms with van der Waals surface area (Å²) in [6.07, 6.45) is 10.6. The molecule has 0 aromatic carbocycles. The first-order chi connectivity index (χ1) is 6.74. The molecule has 0 heteroatoms. The number of allylic oxidation sites excluding steroid dienone is 1. The summed E-state index contributed by atoms with van der Waals surface area (Å²) in [6, 6.07) is 0. The van der Waals surface area contributed by atoms with Crippen LogP contribution in [0.2, 0.25) is 0 Å². The van der Waals surface area contributed by atoms with Crippen LogP contribution >= 0.6 is 0 Å². The Bertz CT molecular complexity index is 135. The van der Waals surface area contributed by atoms with E-state index in [2.05, 4.69) is 27.4 Å². The van der Waals surface area contributed by atoms with Gasteiger partial charge >= 0.3 is 0 Å². The van der Waals surface area contributed by atoms with E-state index in [0.717, 1.165) is 5.92 Å². The van der Waals surface area contributed by atoms with Crippen LogP contribution in [0.1, 0.15) is 72.1 Å². The fourth-order valence-electron chi connectivity index (χ4n) is 1.92. The Hall–Kier alpha value is -0.260. The van der Waals surface area contributed by atoms with Crippen molar-refractivity contribution in [2.75, 3.05) is 0 Å². The van der Waals surface area contributed by atoms with Crippen LogP contribution in [0.15, 0.2) is 12.2 Å². The Morgan fingerprint density at radius 2 is 1.71 bits per heavy atom. The van der Waals surface area contributed by atoms with E-state index >= 15 is 0 Å². The van der Waals surface area contributed by atoms with Crippen molar-refractivity contribution in [3.8, 4) is 0 Å². The lowest BCUT2D eigenvalue weighted by Crippen LogP contribution is -1.98. The van der Waals surface area contributed by atoms with E-state index < -0.39 is 0 Å². The van der Waals surface area contributed by atoms with Gasteiger partial charge in [0.25, 0.3) is 0 Å². The SMILES string of the molecule is C=C(CCCC)CCC(CC)CCC. The summed E-state index contributed by atoms with van der Waals surface area (Å²) in [5.41, 5.74) is 1.47. The van der Waals surface area contributed by atoms with Gasteiger partial charge in [0.2, 0.25) is 0 Å². The van der Waals surface area contributed by atoms with Crippen molar-refractivity contribution in [2.45, 2.75) is 72.1 Å². The first kappa shape index (κ1) is 13.7. The monoisotopic (exact) mass is 196 g/mol. The molecule has 0 radical (unpaired) electrons. The Morgan fingerprint density at radius 3 is 2.21 bits per heavy atom. The molecule has 84 valence electrons. The molecule has 0 aromatic heterocycles. The topological polar surface area (TPSA) is 0 Å². The Labute approximate surface area is 90.8 Å². The van der Waals surface area contributed by atoms with Gasteiger partial charge in [-0.1, -0.05) is 58.6 Å². The second kappa shape index (κ2) is 9.30. The number of unbranched alkanes of at least 4 members (excludes halogenated alkanes) is 1. The molecule has 0 aliphatic rings. The highest BCUT2D eigenvalue weighted by Crippen LogP contribution is 2.21. The van der Waals surface area contributed by atoms with E-state index in [4.69, 9.17) is 0 Å². The minimum absolute atomic E-state index is 0.943. The molecule has 0 heterocycles. The maximum absolute atomic E-state index is 4.16. The second-order valence-corrected chi connectivity index (χ2v) is 4.46. The lowest BCUT2D eigenvalue weighted by atomic mass is 9.92. The van der Waals surface area contributed by atoms with E-state index in [1.807, 2.05) is 0 Å². The van der Waals surface area contributed by atoms with Gasteiger partial charge in [-0.2, -0.15) is 0 Å². The maximum Gasteiger partial charge on any atom is -0.0320 e. The molecule has 0 nitrogen and oxygen atoms in total. The second-order valence-electron chi connectivity index (χ2n) is 4.46. The summed E-state index contributed by atoms with van der Waals surface area (Å²) in [6.45, 7) is 11.0. The molecular formula is C14H28. The molecule has 14 heavy (non-hydrogen) atoms. The van der Waals surface area contributed by atoms with Crippen LogP contribution in [0.5, 0.6) is 0 Å². The molecule has 0 aliphatic heterocycles. The zero-order valence-corrected chi connectivity index (χ0v) is 10.4. The van der Waals surface area contributed by atoms with Crippen LogP contribution in [-0.2, 0) is 0 Å². The highest BCUT2D eigenvalue weighted by atomic mass is 14.1. The summed E-state index contributed by atoms with van der Waals surface area (Å²) in [5, 5.41) is 0. The lowest BCUT2D eigenvalue weighted by Gasteiger charge is -2.14. The molecule has 0 aliphatic carbocycles. The molecule has 0 rings (SSSR count). The minimum atomic E-state index is 0.943. The molecule has 0 bridgehead atoms. The van der Waals surface area contributed by atoms with Gasteiger partial charge in [-0.25, -0.2) is 0 Å². The minimum Gasteiger partial charge on any atom is -0.0999 e. The summed E-state index contributed by atoms with van der Waals surface area (Å²) in [4.78, 5) is 0. The van der Waals surface area contributed by atoms with Crippen molar-refractivity contribution < 1.29 is 0 Å². The molecule has 0 saturated heterocycles. The summed E-state index contributed by atoms with van der Waals surface area (Å²) in [7, 11) is 0. The third kappa shape index (κ3) is 7.17. The largest absolute Gasteiger partial charge is 0.0999 e. The normalized spacial score (nSPS) is 12.8. The number of hydrogen-bond acceptors (Lipinski definition) is 0. The van der Waals surface area contributed by atoms with Gasteiger partial charge in [0, 0.05) is 0 Å². The molecule has 0 amide bonds. The Kier molecular flexibility index (Phi) is 9.13. The van der Waals surface area contributed by atoms with Crippen molar-refractivity contribution in [2.24, 2.45) is 5.92 Å². The predicted molar refractivity (Wildman–Crippen MR) is 66.6 cm³/mol. The van der Waals surface area contributed by atoms with Gasteiger partial charge in [0.05, 0.1) is 0 Å².